The molecule has 1 spiro atoms. The van der Waals surface area contributed by atoms with Gasteiger partial charge in [0.25, 0.3) is 5.91 Å². The molecule has 3 aliphatic rings. The standard InChI is InChI=1S/C28H30N2O4/c1-33-27(32)21-9-8-20-15-23(29-24(20)16-21)19-6-4-18(5-7-19)22-17-28(22)10-12-30(13-11-28)26(31)25-3-2-14-34-25/h4-9,15-16,22,25,29H,2-3,10-14,17H2,1H3. The van der Waals surface area contributed by atoms with Crippen LogP contribution >= 0.6 is 0 Å². The van der Waals surface area contributed by atoms with Gasteiger partial charge in [0.05, 0.1) is 12.7 Å². The lowest BCUT2D eigenvalue weighted by Gasteiger charge is -2.34. The van der Waals surface area contributed by atoms with Crippen molar-refractivity contribution in [1.82, 2.24) is 9.88 Å². The monoisotopic (exact) mass is 458 g/mol. The van der Waals surface area contributed by atoms with E-state index in [4.69, 9.17) is 9.47 Å². The lowest BCUT2D eigenvalue weighted by Crippen LogP contribution is -2.44. The van der Waals surface area contributed by atoms with E-state index in [1.165, 1.54) is 19.1 Å². The van der Waals surface area contributed by atoms with Crippen LogP contribution in [0, 0.1) is 5.41 Å². The number of fused-ring (bicyclic) bond motifs is 1. The third-order valence-electron chi connectivity index (χ3n) is 8.13. The van der Waals surface area contributed by atoms with Crippen LogP contribution in [0.1, 0.15) is 53.9 Å². The van der Waals surface area contributed by atoms with Crippen LogP contribution in [-0.2, 0) is 14.3 Å². The van der Waals surface area contributed by atoms with Gasteiger partial charge < -0.3 is 19.4 Å². The third kappa shape index (κ3) is 3.70. The lowest BCUT2D eigenvalue weighted by molar-refractivity contribution is -0.142. The second kappa shape index (κ2) is 8.27. The molecule has 6 nitrogen and oxygen atoms in total. The van der Waals surface area contributed by atoms with E-state index in [-0.39, 0.29) is 18.0 Å². The van der Waals surface area contributed by atoms with Crippen molar-refractivity contribution in [1.29, 1.82) is 0 Å². The summed E-state index contributed by atoms with van der Waals surface area (Å²) in [6, 6.07) is 16.6. The number of rotatable bonds is 4. The number of aromatic nitrogens is 1. The average molecular weight is 459 g/mol. The Balaban J connectivity index is 1.12. The first-order valence-electron chi connectivity index (χ1n) is 12.3. The Hall–Kier alpha value is -3.12. The fourth-order valence-corrected chi connectivity index (χ4v) is 5.94. The number of nitrogens with zero attached hydrogens (tertiary/aromatic N) is 1. The number of piperidine rings is 1. The molecular weight excluding hydrogens is 428 g/mol. The summed E-state index contributed by atoms with van der Waals surface area (Å²) in [5.74, 6) is 0.459. The molecule has 3 aromatic rings. The highest BCUT2D eigenvalue weighted by atomic mass is 16.5. The number of H-pyrrole nitrogens is 1. The second-order valence-electron chi connectivity index (χ2n) is 10.0. The maximum atomic E-state index is 12.7. The van der Waals surface area contributed by atoms with Crippen molar-refractivity contribution in [2.24, 2.45) is 5.41 Å². The fraction of sp³-hybridized carbons (Fsp3) is 0.429. The van der Waals surface area contributed by atoms with E-state index < -0.39 is 0 Å². The zero-order valence-corrected chi connectivity index (χ0v) is 19.5. The zero-order chi connectivity index (χ0) is 23.3. The third-order valence-corrected chi connectivity index (χ3v) is 8.13. The predicted octanol–water partition coefficient (Wildman–Crippen LogP) is 4.90. The summed E-state index contributed by atoms with van der Waals surface area (Å²) in [6.45, 7) is 2.44. The molecular formula is C28H30N2O4. The van der Waals surface area contributed by atoms with Crippen LogP contribution in [0.2, 0.25) is 0 Å². The molecule has 1 aliphatic carbocycles. The molecule has 34 heavy (non-hydrogen) atoms. The Bertz CT molecular complexity index is 1230. The van der Waals surface area contributed by atoms with Crippen molar-refractivity contribution in [2.45, 2.75) is 44.1 Å². The highest BCUT2D eigenvalue weighted by Crippen LogP contribution is 2.65. The molecule has 3 fully saturated rings. The zero-order valence-electron chi connectivity index (χ0n) is 19.5. The molecule has 0 bridgehead atoms. The van der Waals surface area contributed by atoms with Gasteiger partial charge in [-0.3, -0.25) is 4.79 Å². The predicted molar refractivity (Wildman–Crippen MR) is 130 cm³/mol. The number of benzene rings is 2. The smallest absolute Gasteiger partial charge is 0.337 e. The van der Waals surface area contributed by atoms with Crippen molar-refractivity contribution in [3.8, 4) is 11.3 Å². The van der Waals surface area contributed by atoms with Crippen molar-refractivity contribution in [3.63, 3.8) is 0 Å². The summed E-state index contributed by atoms with van der Waals surface area (Å²) in [7, 11) is 1.40. The van der Waals surface area contributed by atoms with E-state index in [1.807, 2.05) is 17.0 Å². The van der Waals surface area contributed by atoms with E-state index in [0.717, 1.165) is 67.5 Å². The van der Waals surface area contributed by atoms with Gasteiger partial charge in [0.15, 0.2) is 0 Å². The first-order valence-corrected chi connectivity index (χ1v) is 12.3. The van der Waals surface area contributed by atoms with Crippen LogP contribution in [0.4, 0.5) is 0 Å². The number of methoxy groups -OCH3 is 1. The maximum Gasteiger partial charge on any atom is 0.337 e. The van der Waals surface area contributed by atoms with Crippen molar-refractivity contribution in [3.05, 3.63) is 59.7 Å². The van der Waals surface area contributed by atoms with Crippen molar-refractivity contribution >= 4 is 22.8 Å². The van der Waals surface area contributed by atoms with Crippen LogP contribution in [0.25, 0.3) is 22.2 Å². The lowest BCUT2D eigenvalue weighted by atomic mass is 9.88. The average Bonchev–Trinajstić information content (AvgIpc) is 3.25. The minimum Gasteiger partial charge on any atom is -0.465 e. The quantitative estimate of drug-likeness (QED) is 0.565. The molecule has 2 saturated heterocycles. The molecule has 2 aromatic carbocycles. The van der Waals surface area contributed by atoms with Gasteiger partial charge in [-0.05, 0) is 72.8 Å². The summed E-state index contributed by atoms with van der Waals surface area (Å²) in [5.41, 5.74) is 5.39. The van der Waals surface area contributed by atoms with E-state index in [1.54, 1.807) is 6.07 Å². The summed E-state index contributed by atoms with van der Waals surface area (Å²) in [5, 5.41) is 1.07. The second-order valence-corrected chi connectivity index (χ2v) is 10.0. The number of amides is 1. The SMILES string of the molecule is COC(=O)c1ccc2cc(-c3ccc(C4CC45CCN(C(=O)C4CCCO4)CC5)cc3)[nH]c2c1. The maximum absolute atomic E-state index is 12.7. The highest BCUT2D eigenvalue weighted by molar-refractivity contribution is 5.95. The normalized spacial score (nSPS) is 23.4. The molecule has 3 heterocycles. The Kier molecular flexibility index (Phi) is 5.21. The molecule has 2 aliphatic heterocycles. The molecule has 1 aromatic heterocycles. The van der Waals surface area contributed by atoms with Crippen LogP contribution in [0.5, 0.6) is 0 Å². The van der Waals surface area contributed by atoms with Gasteiger partial charge in [-0.1, -0.05) is 30.3 Å². The number of hydrogen-bond acceptors (Lipinski definition) is 4. The van der Waals surface area contributed by atoms with Gasteiger partial charge in [-0.25, -0.2) is 4.79 Å². The van der Waals surface area contributed by atoms with Gasteiger partial charge in [0.2, 0.25) is 0 Å². The summed E-state index contributed by atoms with van der Waals surface area (Å²) in [6.07, 6.45) is 5.06. The Morgan fingerprint density at radius 3 is 2.59 bits per heavy atom. The van der Waals surface area contributed by atoms with E-state index >= 15 is 0 Å². The number of ether oxygens (including phenoxy) is 2. The minimum absolute atomic E-state index is 0.200. The van der Waals surface area contributed by atoms with Gasteiger partial charge in [0.1, 0.15) is 6.10 Å². The summed E-state index contributed by atoms with van der Waals surface area (Å²) >= 11 is 0. The van der Waals surface area contributed by atoms with E-state index in [9.17, 15) is 9.59 Å². The number of carbonyl (C=O) groups excluding carboxylic acids is 2. The molecule has 0 radical (unpaired) electrons. The van der Waals surface area contributed by atoms with Gasteiger partial charge in [-0.15, -0.1) is 0 Å². The van der Waals surface area contributed by atoms with Crippen LogP contribution in [0.3, 0.4) is 0 Å². The number of carbonyl (C=O) groups is 2. The number of aromatic amines is 1. The van der Waals surface area contributed by atoms with Gasteiger partial charge in [-0.2, -0.15) is 0 Å². The molecule has 6 rings (SSSR count). The van der Waals surface area contributed by atoms with Crippen LogP contribution in [-0.4, -0.2) is 54.7 Å². The molecule has 176 valence electrons. The number of nitrogens with one attached hydrogen (secondary N) is 1. The minimum atomic E-state index is -0.331. The molecule has 2 atom stereocenters. The molecule has 2 unspecified atom stereocenters. The summed E-state index contributed by atoms with van der Waals surface area (Å²) in [4.78, 5) is 29.9. The molecule has 1 amide bonds. The topological polar surface area (TPSA) is 71.6 Å². The highest BCUT2D eigenvalue weighted by Gasteiger charge is 2.55. The molecule has 1 saturated carbocycles. The van der Waals surface area contributed by atoms with Crippen LogP contribution < -0.4 is 0 Å². The van der Waals surface area contributed by atoms with E-state index in [2.05, 4.69) is 35.3 Å². The Labute approximate surface area is 199 Å². The van der Waals surface area contributed by atoms with Crippen LogP contribution in [0.15, 0.2) is 48.5 Å². The van der Waals surface area contributed by atoms with Gasteiger partial charge >= 0.3 is 5.97 Å². The van der Waals surface area contributed by atoms with Gasteiger partial charge in [0, 0.05) is 36.3 Å². The number of hydrogen-bond donors (Lipinski definition) is 1. The summed E-state index contributed by atoms with van der Waals surface area (Å²) < 4.78 is 10.4. The van der Waals surface area contributed by atoms with Crippen molar-refractivity contribution < 1.29 is 19.1 Å². The molecule has 6 heteroatoms. The largest absolute Gasteiger partial charge is 0.465 e. The van der Waals surface area contributed by atoms with E-state index in [0.29, 0.717) is 16.9 Å². The molecule has 1 N–H and O–H groups in total. The van der Waals surface area contributed by atoms with Crippen molar-refractivity contribution in [2.75, 3.05) is 26.8 Å². The fourth-order valence-electron chi connectivity index (χ4n) is 5.94. The number of likely N-dealkylation sites (tertiary alicyclic amines) is 1. The number of esters is 1. The Morgan fingerprint density at radius 1 is 1.09 bits per heavy atom. The first kappa shape index (κ1) is 21.4. The first-order chi connectivity index (χ1) is 16.6. The Morgan fingerprint density at radius 2 is 1.88 bits per heavy atom.